The van der Waals surface area contributed by atoms with E-state index in [1.54, 1.807) is 22.6 Å². The number of rotatable bonds is 3. The lowest BCUT2D eigenvalue weighted by molar-refractivity contribution is 0.149. The van der Waals surface area contributed by atoms with Gasteiger partial charge in [0.15, 0.2) is 0 Å². The molecule has 0 saturated heterocycles. The summed E-state index contributed by atoms with van der Waals surface area (Å²) in [4.78, 5) is 3.93. The van der Waals surface area contributed by atoms with E-state index in [0.29, 0.717) is 14.8 Å². The topological polar surface area (TPSA) is 36.7 Å². The molecule has 0 amide bonds. The van der Waals surface area contributed by atoms with E-state index in [2.05, 4.69) is 4.98 Å². The van der Waals surface area contributed by atoms with E-state index in [4.69, 9.17) is 16.9 Å². The van der Waals surface area contributed by atoms with Gasteiger partial charge in [-0.25, -0.2) is 8.78 Å². The van der Waals surface area contributed by atoms with Gasteiger partial charge in [0.2, 0.25) is 0 Å². The van der Waals surface area contributed by atoms with E-state index in [0.717, 1.165) is 0 Å². The lowest BCUT2D eigenvalue weighted by Crippen LogP contribution is -2.03. The summed E-state index contributed by atoms with van der Waals surface area (Å²) < 4.78 is 25.8. The van der Waals surface area contributed by atoms with Crippen LogP contribution in [0, 0.1) is 14.9 Å². The molecule has 80 valence electrons. The Hall–Kier alpha value is -0.480. The average Bonchev–Trinajstić information content (AvgIpc) is 2.20. The summed E-state index contributed by atoms with van der Waals surface area (Å²) >= 11 is 7.31. The Morgan fingerprint density at radius 3 is 2.73 bits per heavy atom. The summed E-state index contributed by atoms with van der Waals surface area (Å²) in [6.45, 7) is 0. The summed E-state index contributed by atoms with van der Waals surface area (Å²) in [5.74, 6) is -0.00446. The molecule has 0 fully saturated rings. The van der Waals surface area contributed by atoms with Gasteiger partial charge in [-0.15, -0.1) is 11.6 Å². The molecule has 0 aliphatic heterocycles. The Bertz CT molecular complexity index is 404. The first-order valence-electron chi connectivity index (χ1n) is 3.99. The maximum atomic E-state index is 12.7. The molecular weight excluding hydrogens is 336 g/mol. The summed E-state index contributed by atoms with van der Waals surface area (Å²) in [5, 5.41) is 8.49. The van der Waals surface area contributed by atoms with E-state index in [1.807, 2.05) is 6.07 Å². The van der Waals surface area contributed by atoms with Gasteiger partial charge >= 0.3 is 0 Å². The minimum atomic E-state index is -2.59. The summed E-state index contributed by atoms with van der Waals surface area (Å²) in [6.07, 6.45) is -1.25. The molecule has 6 heteroatoms. The van der Waals surface area contributed by atoms with Gasteiger partial charge in [0.25, 0.3) is 6.43 Å². The minimum Gasteiger partial charge on any atom is -0.259 e. The smallest absolute Gasteiger partial charge is 0.259 e. The number of aromatic nitrogens is 1. The Kier molecular flexibility index (Phi) is 4.67. The SMILES string of the molecule is N#CCc1ncc(CCl)c(C(F)F)c1I. The summed E-state index contributed by atoms with van der Waals surface area (Å²) in [5.41, 5.74) is 0.589. The van der Waals surface area contributed by atoms with Gasteiger partial charge in [-0.2, -0.15) is 5.26 Å². The average molecular weight is 343 g/mol. The fraction of sp³-hybridized carbons (Fsp3) is 0.333. The summed E-state index contributed by atoms with van der Waals surface area (Å²) in [6, 6.07) is 1.88. The molecule has 0 aliphatic carbocycles. The number of halogens is 4. The van der Waals surface area contributed by atoms with Crippen LogP contribution in [0.3, 0.4) is 0 Å². The van der Waals surface area contributed by atoms with Crippen LogP contribution < -0.4 is 0 Å². The predicted molar refractivity (Wildman–Crippen MR) is 60.8 cm³/mol. The molecule has 1 aromatic rings. The highest BCUT2D eigenvalue weighted by atomic mass is 127. The van der Waals surface area contributed by atoms with Crippen molar-refractivity contribution in [3.8, 4) is 6.07 Å². The standard InChI is InChI=1S/C9H6ClF2IN2/c10-3-5-4-15-6(1-2-14)8(13)7(5)9(11)12/h4,9H,1,3H2. The molecule has 0 unspecified atom stereocenters. The number of pyridine rings is 1. The van der Waals surface area contributed by atoms with Gasteiger partial charge in [0.05, 0.1) is 18.2 Å². The molecule has 1 heterocycles. The maximum Gasteiger partial charge on any atom is 0.265 e. The fourth-order valence-corrected chi connectivity index (χ4v) is 2.24. The van der Waals surface area contributed by atoms with E-state index in [9.17, 15) is 8.78 Å². The van der Waals surface area contributed by atoms with Crippen molar-refractivity contribution < 1.29 is 8.78 Å². The van der Waals surface area contributed by atoms with Gasteiger partial charge in [-0.3, -0.25) is 4.98 Å². The predicted octanol–water partition coefficient (Wildman–Crippen LogP) is 3.43. The number of nitriles is 1. The monoisotopic (exact) mass is 342 g/mol. The second-order valence-corrected chi connectivity index (χ2v) is 4.07. The molecule has 0 saturated carbocycles. The zero-order valence-corrected chi connectivity index (χ0v) is 10.4. The van der Waals surface area contributed by atoms with Gasteiger partial charge < -0.3 is 0 Å². The second-order valence-electron chi connectivity index (χ2n) is 2.73. The van der Waals surface area contributed by atoms with Gasteiger partial charge in [0, 0.05) is 21.2 Å². The number of hydrogen-bond acceptors (Lipinski definition) is 2. The Morgan fingerprint density at radius 2 is 2.27 bits per heavy atom. The molecule has 0 aromatic carbocycles. The molecule has 0 N–H and O–H groups in total. The van der Waals surface area contributed by atoms with Crippen molar-refractivity contribution in [1.29, 1.82) is 5.26 Å². The van der Waals surface area contributed by atoms with Crippen molar-refractivity contribution in [3.63, 3.8) is 0 Å². The Labute approximate surface area is 104 Å². The Balaban J connectivity index is 3.30. The number of alkyl halides is 3. The van der Waals surface area contributed by atoms with Crippen molar-refractivity contribution in [1.82, 2.24) is 4.98 Å². The van der Waals surface area contributed by atoms with E-state index >= 15 is 0 Å². The molecule has 1 rings (SSSR count). The van der Waals surface area contributed by atoms with Crippen LogP contribution in [0.15, 0.2) is 6.20 Å². The van der Waals surface area contributed by atoms with Crippen molar-refractivity contribution in [2.75, 3.05) is 0 Å². The van der Waals surface area contributed by atoms with Crippen LogP contribution in [0.25, 0.3) is 0 Å². The van der Waals surface area contributed by atoms with Crippen LogP contribution in [0.2, 0.25) is 0 Å². The largest absolute Gasteiger partial charge is 0.265 e. The molecule has 0 atom stereocenters. The Morgan fingerprint density at radius 1 is 1.60 bits per heavy atom. The van der Waals surface area contributed by atoms with Crippen molar-refractivity contribution in [2.24, 2.45) is 0 Å². The van der Waals surface area contributed by atoms with Gasteiger partial charge in [0.1, 0.15) is 0 Å². The molecule has 2 nitrogen and oxygen atoms in total. The van der Waals surface area contributed by atoms with Crippen LogP contribution in [-0.2, 0) is 12.3 Å². The van der Waals surface area contributed by atoms with Crippen LogP contribution in [0.4, 0.5) is 8.78 Å². The molecule has 15 heavy (non-hydrogen) atoms. The van der Waals surface area contributed by atoms with Crippen LogP contribution >= 0.6 is 34.2 Å². The van der Waals surface area contributed by atoms with E-state index < -0.39 is 6.43 Å². The van der Waals surface area contributed by atoms with E-state index in [1.165, 1.54) is 6.20 Å². The third kappa shape index (κ3) is 2.75. The lowest BCUT2D eigenvalue weighted by atomic mass is 10.1. The van der Waals surface area contributed by atoms with Gasteiger partial charge in [-0.05, 0) is 28.2 Å². The molecule has 0 bridgehead atoms. The first-order chi connectivity index (χ1) is 7.11. The van der Waals surface area contributed by atoms with Crippen LogP contribution in [0.1, 0.15) is 23.2 Å². The molecule has 1 aromatic heterocycles. The highest BCUT2D eigenvalue weighted by Crippen LogP contribution is 2.30. The normalized spacial score (nSPS) is 10.4. The first kappa shape index (κ1) is 12.6. The molecular formula is C9H6ClF2IN2. The number of nitrogens with zero attached hydrogens (tertiary/aromatic N) is 2. The molecule has 0 radical (unpaired) electrons. The highest BCUT2D eigenvalue weighted by molar-refractivity contribution is 14.1. The van der Waals surface area contributed by atoms with Crippen LogP contribution in [-0.4, -0.2) is 4.98 Å². The zero-order valence-electron chi connectivity index (χ0n) is 7.48. The van der Waals surface area contributed by atoms with Gasteiger partial charge in [-0.1, -0.05) is 0 Å². The third-order valence-electron chi connectivity index (χ3n) is 1.82. The summed E-state index contributed by atoms with van der Waals surface area (Å²) in [7, 11) is 0. The van der Waals surface area contributed by atoms with Crippen LogP contribution in [0.5, 0.6) is 0 Å². The quantitative estimate of drug-likeness (QED) is 0.623. The third-order valence-corrected chi connectivity index (χ3v) is 3.31. The maximum absolute atomic E-state index is 12.7. The molecule has 0 aliphatic rings. The number of hydrogen-bond donors (Lipinski definition) is 0. The highest BCUT2D eigenvalue weighted by Gasteiger charge is 2.19. The zero-order chi connectivity index (χ0) is 11.4. The lowest BCUT2D eigenvalue weighted by Gasteiger charge is -2.10. The second kappa shape index (κ2) is 5.56. The fourth-order valence-electron chi connectivity index (χ4n) is 1.12. The van der Waals surface area contributed by atoms with Crippen molar-refractivity contribution in [3.05, 3.63) is 26.6 Å². The van der Waals surface area contributed by atoms with Crippen molar-refractivity contribution >= 4 is 34.2 Å². The molecule has 0 spiro atoms. The minimum absolute atomic E-state index is 0.00446. The first-order valence-corrected chi connectivity index (χ1v) is 5.60. The van der Waals surface area contributed by atoms with Crippen molar-refractivity contribution in [2.45, 2.75) is 18.7 Å². The van der Waals surface area contributed by atoms with E-state index in [-0.39, 0.29) is 17.9 Å².